The molecule has 0 aromatic carbocycles. The van der Waals surface area contributed by atoms with Gasteiger partial charge in [0.1, 0.15) is 9.71 Å². The highest BCUT2D eigenvalue weighted by Gasteiger charge is 2.32. The van der Waals surface area contributed by atoms with Gasteiger partial charge in [0.05, 0.1) is 23.6 Å². The number of fused-ring (bicyclic) bond motifs is 2. The van der Waals surface area contributed by atoms with Gasteiger partial charge in [-0.2, -0.15) is 5.01 Å². The first-order chi connectivity index (χ1) is 15.9. The largest absolute Gasteiger partial charge is 0.397 e. The van der Waals surface area contributed by atoms with Crippen LogP contribution in [0, 0.1) is 11.3 Å². The van der Waals surface area contributed by atoms with E-state index in [1.165, 1.54) is 23.3 Å². The Bertz CT molecular complexity index is 1180. The maximum Gasteiger partial charge on any atom is 0.306 e. The van der Waals surface area contributed by atoms with Crippen molar-refractivity contribution in [2.45, 2.75) is 65.7 Å². The minimum atomic E-state index is -0.291. The summed E-state index contributed by atoms with van der Waals surface area (Å²) < 4.78 is 5.35. The third-order valence-electron chi connectivity index (χ3n) is 7.62. The summed E-state index contributed by atoms with van der Waals surface area (Å²) in [6.45, 7) is 8.84. The third-order valence-corrected chi connectivity index (χ3v) is 8.74. The maximum atomic E-state index is 13.0. The Hall–Kier alpha value is -2.68. The molecule has 33 heavy (non-hydrogen) atoms. The summed E-state index contributed by atoms with van der Waals surface area (Å²) in [6, 6.07) is 2.16. The zero-order valence-electron chi connectivity index (χ0n) is 19.7. The van der Waals surface area contributed by atoms with Crippen LogP contribution in [0.4, 0.5) is 11.6 Å². The molecule has 176 valence electrons. The lowest BCUT2D eigenvalue weighted by Crippen LogP contribution is -2.60. The lowest BCUT2D eigenvalue weighted by atomic mass is 9.69. The quantitative estimate of drug-likeness (QED) is 0.546. The molecule has 0 spiro atoms. The molecular weight excluding hydrogens is 436 g/mol. The molecule has 5 rings (SSSR count). The van der Waals surface area contributed by atoms with Crippen molar-refractivity contribution >= 4 is 39.0 Å². The number of aromatic nitrogens is 3. The Labute approximate surface area is 198 Å². The van der Waals surface area contributed by atoms with Crippen molar-refractivity contribution in [2.24, 2.45) is 11.3 Å². The number of pyridine rings is 1. The van der Waals surface area contributed by atoms with Crippen molar-refractivity contribution in [3.05, 3.63) is 28.4 Å². The fourth-order valence-corrected chi connectivity index (χ4v) is 5.98. The standard InChI is InChI=1S/C24H32N6O2S/c1-4-24(2,3)16-8-9-18-15(12-16)13-17-20(25)21(33-23(17)26-18)22(31)27-19-14-30(28-32-19)29-10-6-5-7-11-29/h13-14,16H,4-12H2,1-3H3,(H2-,25,27,28,31)/p+1. The SMILES string of the molecule is CCC(C)(C)C1CCc2nc3sc(C(=O)Nc4c[n+](N5CCCCC5)no4)c(N)c3cc2C1. The van der Waals surface area contributed by atoms with Crippen LogP contribution in [-0.2, 0) is 12.8 Å². The van der Waals surface area contributed by atoms with E-state index >= 15 is 0 Å². The number of amides is 1. The summed E-state index contributed by atoms with van der Waals surface area (Å²) >= 11 is 1.34. The summed E-state index contributed by atoms with van der Waals surface area (Å²) in [4.78, 5) is 20.9. The van der Waals surface area contributed by atoms with Crippen LogP contribution in [0.25, 0.3) is 10.2 Å². The van der Waals surface area contributed by atoms with Crippen LogP contribution in [0.2, 0.25) is 0 Å². The second-order valence-electron chi connectivity index (χ2n) is 10.0. The average molecular weight is 470 g/mol. The van der Waals surface area contributed by atoms with Gasteiger partial charge in [0, 0.05) is 11.1 Å². The topological polar surface area (TPSA) is 101 Å². The molecule has 0 saturated carbocycles. The van der Waals surface area contributed by atoms with Gasteiger partial charge < -0.3 is 5.73 Å². The molecule has 1 aliphatic carbocycles. The zero-order chi connectivity index (χ0) is 23.2. The normalized spacial score (nSPS) is 19.0. The van der Waals surface area contributed by atoms with E-state index in [2.05, 4.69) is 42.4 Å². The van der Waals surface area contributed by atoms with Crippen LogP contribution in [0.15, 0.2) is 16.8 Å². The molecule has 9 heteroatoms. The first kappa shape index (κ1) is 22.1. The van der Waals surface area contributed by atoms with Crippen molar-refractivity contribution in [1.29, 1.82) is 0 Å². The van der Waals surface area contributed by atoms with E-state index < -0.39 is 0 Å². The van der Waals surface area contributed by atoms with Crippen molar-refractivity contribution in [1.82, 2.24) is 10.3 Å². The first-order valence-electron chi connectivity index (χ1n) is 12.0. The Morgan fingerprint density at radius 3 is 2.91 bits per heavy atom. The Balaban J connectivity index is 1.36. The number of nitrogen functional groups attached to an aromatic ring is 1. The number of rotatable bonds is 5. The highest BCUT2D eigenvalue weighted by atomic mass is 32.1. The number of nitrogens with two attached hydrogens (primary N) is 1. The predicted octanol–water partition coefficient (Wildman–Crippen LogP) is 4.07. The first-order valence-corrected chi connectivity index (χ1v) is 12.8. The molecule has 1 atom stereocenters. The van der Waals surface area contributed by atoms with Crippen molar-refractivity contribution in [2.75, 3.05) is 29.1 Å². The summed E-state index contributed by atoms with van der Waals surface area (Å²) in [5.74, 6) is 0.648. The number of nitrogens with zero attached hydrogens (tertiary/aromatic N) is 4. The van der Waals surface area contributed by atoms with Crippen LogP contribution in [0.1, 0.15) is 73.8 Å². The molecule has 3 aromatic rings. The predicted molar refractivity (Wildman–Crippen MR) is 130 cm³/mol. The van der Waals surface area contributed by atoms with E-state index in [4.69, 9.17) is 15.2 Å². The van der Waals surface area contributed by atoms with E-state index in [0.29, 0.717) is 27.8 Å². The van der Waals surface area contributed by atoms with Crippen molar-refractivity contribution in [3.63, 3.8) is 0 Å². The van der Waals surface area contributed by atoms with E-state index in [9.17, 15) is 4.79 Å². The van der Waals surface area contributed by atoms with Crippen molar-refractivity contribution < 1.29 is 14.1 Å². The average Bonchev–Trinajstić information content (AvgIpc) is 3.42. The molecule has 3 N–H and O–H groups in total. The molecule has 8 nitrogen and oxygen atoms in total. The summed E-state index contributed by atoms with van der Waals surface area (Å²) in [7, 11) is 0. The number of piperidine rings is 1. The molecule has 0 radical (unpaired) electrons. The molecule has 3 aromatic heterocycles. The molecule has 0 bridgehead atoms. The number of carbonyl (C=O) groups excluding carboxylic acids is 1. The fraction of sp³-hybridized carbons (Fsp3) is 0.583. The van der Waals surface area contributed by atoms with Crippen molar-refractivity contribution in [3.8, 4) is 0 Å². The number of aryl methyl sites for hydroxylation is 1. The van der Waals surface area contributed by atoms with Crippen LogP contribution < -0.4 is 20.9 Å². The van der Waals surface area contributed by atoms with Gasteiger partial charge in [0.15, 0.2) is 0 Å². The minimum Gasteiger partial charge on any atom is -0.397 e. The third kappa shape index (κ3) is 4.18. The van der Waals surface area contributed by atoms with Gasteiger partial charge in [-0.1, -0.05) is 27.2 Å². The molecular formula is C24H33N6O2S+. The van der Waals surface area contributed by atoms with E-state index in [0.717, 1.165) is 67.5 Å². The number of anilines is 2. The van der Waals surface area contributed by atoms with Gasteiger partial charge in [-0.15, -0.1) is 11.3 Å². The maximum absolute atomic E-state index is 13.0. The van der Waals surface area contributed by atoms with Crippen LogP contribution in [0.5, 0.6) is 0 Å². The lowest BCUT2D eigenvalue weighted by Gasteiger charge is -2.36. The van der Waals surface area contributed by atoms with E-state index in [1.54, 1.807) is 11.0 Å². The molecule has 1 saturated heterocycles. The number of hydrogen-bond donors (Lipinski definition) is 2. The van der Waals surface area contributed by atoms with E-state index in [1.807, 2.05) is 0 Å². The van der Waals surface area contributed by atoms with Gasteiger partial charge in [-0.25, -0.2) is 4.98 Å². The lowest BCUT2D eigenvalue weighted by molar-refractivity contribution is -0.759. The van der Waals surface area contributed by atoms with Gasteiger partial charge in [0.2, 0.25) is 5.27 Å². The molecule has 4 heterocycles. The fourth-order valence-electron chi connectivity index (χ4n) is 4.99. The zero-order valence-corrected chi connectivity index (χ0v) is 20.5. The van der Waals surface area contributed by atoms with Crippen LogP contribution in [-0.4, -0.2) is 29.3 Å². The number of hydrogen-bond acceptors (Lipinski definition) is 7. The summed E-state index contributed by atoms with van der Waals surface area (Å²) in [6.07, 6.45) is 9.52. The Kier molecular flexibility index (Phi) is 5.76. The second-order valence-corrected chi connectivity index (χ2v) is 11.0. The minimum absolute atomic E-state index is 0.291. The molecule has 1 fully saturated rings. The molecule has 2 aliphatic rings. The van der Waals surface area contributed by atoms with Gasteiger partial charge in [-0.3, -0.25) is 14.6 Å². The number of nitrogens with one attached hydrogen (secondary N) is 1. The smallest absolute Gasteiger partial charge is 0.306 e. The number of carbonyl (C=O) groups is 1. The second kappa shape index (κ2) is 8.59. The Morgan fingerprint density at radius 2 is 2.15 bits per heavy atom. The Morgan fingerprint density at radius 1 is 1.36 bits per heavy atom. The van der Waals surface area contributed by atoms with Crippen LogP contribution in [0.3, 0.4) is 0 Å². The van der Waals surface area contributed by atoms with Gasteiger partial charge in [0.25, 0.3) is 12.1 Å². The number of thiophene rings is 1. The molecule has 1 aliphatic heterocycles. The highest BCUT2D eigenvalue weighted by molar-refractivity contribution is 7.21. The van der Waals surface area contributed by atoms with Gasteiger partial charge in [-0.05, 0) is 61.5 Å². The molecule has 1 unspecified atom stereocenters. The monoisotopic (exact) mass is 469 g/mol. The van der Waals surface area contributed by atoms with Gasteiger partial charge >= 0.3 is 5.88 Å². The highest BCUT2D eigenvalue weighted by Crippen LogP contribution is 2.42. The molecule has 1 amide bonds. The van der Waals surface area contributed by atoms with E-state index in [-0.39, 0.29) is 5.91 Å². The summed E-state index contributed by atoms with van der Waals surface area (Å²) in [5.41, 5.74) is 9.66. The van der Waals surface area contributed by atoms with Crippen LogP contribution >= 0.6 is 11.3 Å². The summed E-state index contributed by atoms with van der Waals surface area (Å²) in [5, 5.41) is 9.85.